The lowest BCUT2D eigenvalue weighted by molar-refractivity contribution is -0.0235. The van der Waals surface area contributed by atoms with Gasteiger partial charge in [-0.25, -0.2) is 4.98 Å². The van der Waals surface area contributed by atoms with Crippen LogP contribution in [0.25, 0.3) is 5.78 Å². The zero-order chi connectivity index (χ0) is 12.0. The van der Waals surface area contributed by atoms with Crippen LogP contribution in [0, 0.1) is 6.92 Å². The second-order valence-electron chi connectivity index (χ2n) is 5.00. The van der Waals surface area contributed by atoms with Gasteiger partial charge in [0, 0.05) is 17.8 Å². The Morgan fingerprint density at radius 3 is 3.00 bits per heavy atom. The first-order valence-electron chi connectivity index (χ1n) is 5.70. The highest BCUT2D eigenvalue weighted by Gasteiger charge is 2.38. The van der Waals surface area contributed by atoms with Crippen LogP contribution in [0.4, 0.5) is 5.82 Å². The van der Waals surface area contributed by atoms with Crippen molar-refractivity contribution in [2.45, 2.75) is 38.3 Å². The van der Waals surface area contributed by atoms with E-state index in [4.69, 9.17) is 0 Å². The average Bonchev–Trinajstić information content (AvgIpc) is 2.62. The molecule has 0 amide bonds. The van der Waals surface area contributed by atoms with Crippen molar-refractivity contribution in [2.75, 3.05) is 5.32 Å². The van der Waals surface area contributed by atoms with Crippen LogP contribution in [-0.4, -0.2) is 36.3 Å². The van der Waals surface area contributed by atoms with E-state index in [2.05, 4.69) is 20.4 Å². The van der Waals surface area contributed by atoms with Gasteiger partial charge in [0.25, 0.3) is 5.78 Å². The summed E-state index contributed by atoms with van der Waals surface area (Å²) in [6, 6.07) is 2.23. The minimum Gasteiger partial charge on any atom is -0.390 e. The van der Waals surface area contributed by atoms with E-state index in [-0.39, 0.29) is 0 Å². The Morgan fingerprint density at radius 2 is 2.29 bits per heavy atom. The molecule has 3 rings (SSSR count). The van der Waals surface area contributed by atoms with Gasteiger partial charge in [0.1, 0.15) is 12.1 Å². The fourth-order valence-electron chi connectivity index (χ4n) is 2.35. The molecule has 2 N–H and O–H groups in total. The summed E-state index contributed by atoms with van der Waals surface area (Å²) in [5.41, 5.74) is 0.375. The van der Waals surface area contributed by atoms with Crippen molar-refractivity contribution >= 4 is 11.6 Å². The molecule has 2 aromatic heterocycles. The highest BCUT2D eigenvalue weighted by molar-refractivity contribution is 5.45. The van der Waals surface area contributed by atoms with Crippen molar-refractivity contribution in [2.24, 2.45) is 0 Å². The molecule has 1 aliphatic carbocycles. The third kappa shape index (κ3) is 1.84. The van der Waals surface area contributed by atoms with Gasteiger partial charge >= 0.3 is 0 Å². The van der Waals surface area contributed by atoms with Crippen LogP contribution >= 0.6 is 0 Å². The fourth-order valence-corrected chi connectivity index (χ4v) is 2.35. The van der Waals surface area contributed by atoms with Crippen molar-refractivity contribution in [3.63, 3.8) is 0 Å². The largest absolute Gasteiger partial charge is 0.390 e. The van der Waals surface area contributed by atoms with Gasteiger partial charge in [-0.15, -0.1) is 0 Å². The predicted molar refractivity (Wildman–Crippen MR) is 62.8 cm³/mol. The maximum Gasteiger partial charge on any atom is 0.254 e. The van der Waals surface area contributed by atoms with Gasteiger partial charge in [0.15, 0.2) is 0 Å². The van der Waals surface area contributed by atoms with Gasteiger partial charge in [-0.3, -0.25) is 0 Å². The number of hydrogen-bond donors (Lipinski definition) is 2. The minimum absolute atomic E-state index is 0.291. The van der Waals surface area contributed by atoms with Gasteiger partial charge < -0.3 is 10.4 Å². The summed E-state index contributed by atoms with van der Waals surface area (Å²) >= 11 is 0. The van der Waals surface area contributed by atoms with E-state index in [0.29, 0.717) is 11.8 Å². The Labute approximate surface area is 98.7 Å². The van der Waals surface area contributed by atoms with Crippen LogP contribution in [0.2, 0.25) is 0 Å². The molecule has 0 spiro atoms. The number of nitrogens with zero attached hydrogens (tertiary/aromatic N) is 4. The molecule has 17 heavy (non-hydrogen) atoms. The van der Waals surface area contributed by atoms with Crippen molar-refractivity contribution in [3.8, 4) is 0 Å². The number of aliphatic hydroxyl groups is 1. The number of fused-ring (bicyclic) bond motifs is 1. The maximum atomic E-state index is 9.70. The summed E-state index contributed by atoms with van der Waals surface area (Å²) in [5.74, 6) is 1.48. The van der Waals surface area contributed by atoms with Crippen LogP contribution in [0.3, 0.4) is 0 Å². The number of nitrogens with one attached hydrogen (secondary N) is 1. The third-order valence-corrected chi connectivity index (χ3v) is 3.10. The van der Waals surface area contributed by atoms with E-state index in [9.17, 15) is 5.11 Å². The Morgan fingerprint density at radius 1 is 1.53 bits per heavy atom. The van der Waals surface area contributed by atoms with Crippen molar-refractivity contribution in [1.29, 1.82) is 0 Å². The van der Waals surface area contributed by atoms with Crippen molar-refractivity contribution in [1.82, 2.24) is 19.6 Å². The van der Waals surface area contributed by atoms with Gasteiger partial charge in [-0.1, -0.05) is 0 Å². The Bertz CT molecular complexity index is 554. The van der Waals surface area contributed by atoms with Crippen LogP contribution < -0.4 is 5.32 Å². The average molecular weight is 233 g/mol. The first-order chi connectivity index (χ1) is 8.03. The molecule has 0 radical (unpaired) electrons. The molecule has 1 saturated carbocycles. The van der Waals surface area contributed by atoms with E-state index in [1.165, 1.54) is 6.33 Å². The molecule has 0 aliphatic heterocycles. The van der Waals surface area contributed by atoms with Crippen LogP contribution in [-0.2, 0) is 0 Å². The lowest BCUT2D eigenvalue weighted by Crippen LogP contribution is -2.48. The Hall–Kier alpha value is -1.69. The molecule has 6 heteroatoms. The molecule has 90 valence electrons. The standard InChI is InChI=1S/C11H15N5O/c1-7-3-9(15-8-4-11(2,17)5-8)16-10(14-7)12-6-13-16/h3,6,8,15,17H,4-5H2,1-2H3. The molecule has 2 heterocycles. The van der Waals surface area contributed by atoms with E-state index >= 15 is 0 Å². The summed E-state index contributed by atoms with van der Waals surface area (Å²) in [6.07, 6.45) is 3.00. The molecule has 2 aromatic rings. The monoisotopic (exact) mass is 233 g/mol. The molecule has 0 aromatic carbocycles. The highest BCUT2D eigenvalue weighted by atomic mass is 16.3. The minimum atomic E-state index is -0.527. The van der Waals surface area contributed by atoms with E-state index in [1.54, 1.807) is 4.52 Å². The molecule has 1 fully saturated rings. The molecule has 6 nitrogen and oxygen atoms in total. The van der Waals surface area contributed by atoms with E-state index in [1.807, 2.05) is 19.9 Å². The summed E-state index contributed by atoms with van der Waals surface area (Å²) in [5, 5.41) is 17.2. The fraction of sp³-hybridized carbons (Fsp3) is 0.545. The van der Waals surface area contributed by atoms with E-state index in [0.717, 1.165) is 24.4 Å². The first kappa shape index (κ1) is 10.5. The lowest BCUT2D eigenvalue weighted by Gasteiger charge is -2.41. The third-order valence-electron chi connectivity index (χ3n) is 3.10. The van der Waals surface area contributed by atoms with E-state index < -0.39 is 5.60 Å². The first-order valence-corrected chi connectivity index (χ1v) is 5.70. The van der Waals surface area contributed by atoms with Gasteiger partial charge in [0.05, 0.1) is 5.60 Å². The number of aromatic nitrogens is 4. The number of hydrogen-bond acceptors (Lipinski definition) is 5. The van der Waals surface area contributed by atoms with Gasteiger partial charge in [0.2, 0.25) is 0 Å². The predicted octanol–water partition coefficient (Wildman–Crippen LogP) is 0.758. The second-order valence-corrected chi connectivity index (χ2v) is 5.00. The summed E-state index contributed by atoms with van der Waals surface area (Å²) < 4.78 is 1.68. The van der Waals surface area contributed by atoms with Gasteiger partial charge in [-0.05, 0) is 26.7 Å². The second kappa shape index (κ2) is 3.40. The summed E-state index contributed by atoms with van der Waals surface area (Å²) in [4.78, 5) is 8.35. The normalized spacial score (nSPS) is 28.1. The molecule has 0 saturated heterocycles. The zero-order valence-electron chi connectivity index (χ0n) is 9.88. The topological polar surface area (TPSA) is 75.3 Å². The molecule has 0 bridgehead atoms. The lowest BCUT2D eigenvalue weighted by atomic mass is 9.77. The summed E-state index contributed by atoms with van der Waals surface area (Å²) in [6.45, 7) is 3.78. The number of aryl methyl sites for hydroxylation is 1. The molecule has 0 atom stereocenters. The van der Waals surface area contributed by atoms with Crippen molar-refractivity contribution < 1.29 is 5.11 Å². The zero-order valence-corrected chi connectivity index (χ0v) is 9.88. The van der Waals surface area contributed by atoms with Crippen LogP contribution in [0.15, 0.2) is 12.4 Å². The van der Waals surface area contributed by atoms with Gasteiger partial charge in [-0.2, -0.15) is 14.6 Å². The Kier molecular flexibility index (Phi) is 2.09. The van der Waals surface area contributed by atoms with Crippen LogP contribution in [0.1, 0.15) is 25.5 Å². The maximum absolute atomic E-state index is 9.70. The Balaban J connectivity index is 1.87. The molecular weight excluding hydrogens is 218 g/mol. The quantitative estimate of drug-likeness (QED) is 0.801. The molecular formula is C11H15N5O. The smallest absolute Gasteiger partial charge is 0.254 e. The number of anilines is 1. The summed E-state index contributed by atoms with van der Waals surface area (Å²) in [7, 11) is 0. The molecule has 1 aliphatic rings. The van der Waals surface area contributed by atoms with Crippen LogP contribution in [0.5, 0.6) is 0 Å². The van der Waals surface area contributed by atoms with Crippen molar-refractivity contribution in [3.05, 3.63) is 18.1 Å². The SMILES string of the molecule is Cc1cc(NC2CC(C)(O)C2)n2ncnc2n1. The highest BCUT2D eigenvalue weighted by Crippen LogP contribution is 2.33. The number of rotatable bonds is 2. The molecule has 0 unspecified atom stereocenters.